The van der Waals surface area contributed by atoms with Crippen LogP contribution in [0.3, 0.4) is 0 Å². The minimum absolute atomic E-state index is 0.617. The predicted octanol–water partition coefficient (Wildman–Crippen LogP) is 2.79. The van der Waals surface area contributed by atoms with Crippen LogP contribution in [0.1, 0.15) is 17.5 Å². The number of fused-ring (bicyclic) bond motifs is 1. The first kappa shape index (κ1) is 10.3. The topological polar surface area (TPSA) is 42.2 Å². The molecule has 78 valence electrons. The Hall–Kier alpha value is -1.21. The Morgan fingerprint density at radius 2 is 2.00 bits per heavy atom. The average molecular weight is 268 g/mol. The molecule has 4 heteroatoms. The van der Waals surface area contributed by atoms with Crippen LogP contribution < -0.4 is 9.47 Å². The molecule has 1 aromatic carbocycles. The maximum atomic E-state index is 8.95. The fourth-order valence-electron chi connectivity index (χ4n) is 1.53. The Kier molecular flexibility index (Phi) is 2.83. The van der Waals surface area contributed by atoms with Gasteiger partial charge in [0, 0.05) is 12.0 Å². The monoisotopic (exact) mass is 267 g/mol. The molecule has 1 aliphatic heterocycles. The minimum Gasteiger partial charge on any atom is -0.489 e. The first-order chi connectivity index (χ1) is 7.24. The summed E-state index contributed by atoms with van der Waals surface area (Å²) in [6.07, 6.45) is 0.864. The molecule has 0 bridgehead atoms. The Bertz CT molecular complexity index is 437. The molecule has 0 atom stereocenters. The second kappa shape index (κ2) is 4.11. The lowest BCUT2D eigenvalue weighted by molar-refractivity contribution is 0.296. The van der Waals surface area contributed by atoms with Gasteiger partial charge in [-0.1, -0.05) is 0 Å². The van der Waals surface area contributed by atoms with Crippen molar-refractivity contribution in [2.24, 2.45) is 0 Å². The summed E-state index contributed by atoms with van der Waals surface area (Å²) in [7, 11) is 0. The van der Waals surface area contributed by atoms with E-state index < -0.39 is 0 Å². The van der Waals surface area contributed by atoms with Crippen LogP contribution in [0, 0.1) is 18.3 Å². The van der Waals surface area contributed by atoms with Crippen molar-refractivity contribution in [3.8, 4) is 17.6 Å². The van der Waals surface area contributed by atoms with Gasteiger partial charge in [0.05, 0.1) is 29.3 Å². The molecule has 3 nitrogen and oxygen atoms in total. The number of benzene rings is 1. The number of nitriles is 1. The van der Waals surface area contributed by atoms with Crippen LogP contribution in [-0.4, -0.2) is 13.2 Å². The van der Waals surface area contributed by atoms with Gasteiger partial charge >= 0.3 is 0 Å². The molecule has 0 saturated heterocycles. The largest absolute Gasteiger partial charge is 0.489 e. The Morgan fingerprint density at radius 1 is 1.33 bits per heavy atom. The van der Waals surface area contributed by atoms with E-state index in [2.05, 4.69) is 22.0 Å². The van der Waals surface area contributed by atoms with Crippen molar-refractivity contribution < 1.29 is 9.47 Å². The summed E-state index contributed by atoms with van der Waals surface area (Å²) in [5.41, 5.74) is 1.46. The molecule has 0 unspecified atom stereocenters. The maximum Gasteiger partial charge on any atom is 0.175 e. The molecule has 0 amide bonds. The van der Waals surface area contributed by atoms with Gasteiger partial charge in [-0.05, 0) is 28.9 Å². The number of nitrogens with zero attached hydrogens (tertiary/aromatic N) is 1. The van der Waals surface area contributed by atoms with Crippen LogP contribution in [0.25, 0.3) is 0 Å². The Morgan fingerprint density at radius 3 is 2.67 bits per heavy atom. The number of halogens is 1. The number of hydrogen-bond donors (Lipinski definition) is 0. The van der Waals surface area contributed by atoms with Gasteiger partial charge in [0.1, 0.15) is 0 Å². The molecule has 1 heterocycles. The Labute approximate surface area is 96.7 Å². The number of hydrogen-bond acceptors (Lipinski definition) is 3. The normalized spacial score (nSPS) is 14.2. The molecule has 2 rings (SSSR count). The molecule has 0 spiro atoms. The smallest absolute Gasteiger partial charge is 0.175 e. The highest BCUT2D eigenvalue weighted by Crippen LogP contribution is 2.41. The van der Waals surface area contributed by atoms with E-state index in [1.165, 1.54) is 0 Å². The van der Waals surface area contributed by atoms with Gasteiger partial charge in [-0.25, -0.2) is 0 Å². The highest BCUT2D eigenvalue weighted by Gasteiger charge is 2.19. The van der Waals surface area contributed by atoms with Gasteiger partial charge in [-0.2, -0.15) is 5.26 Å². The summed E-state index contributed by atoms with van der Waals surface area (Å²) >= 11 is 3.39. The van der Waals surface area contributed by atoms with Gasteiger partial charge in [-0.15, -0.1) is 0 Å². The van der Waals surface area contributed by atoms with E-state index in [-0.39, 0.29) is 0 Å². The predicted molar refractivity (Wildman–Crippen MR) is 59.2 cm³/mol. The van der Waals surface area contributed by atoms with Crippen molar-refractivity contribution in [1.82, 2.24) is 0 Å². The molecule has 0 radical (unpaired) electrons. The molecule has 0 aliphatic carbocycles. The lowest BCUT2D eigenvalue weighted by Crippen LogP contribution is -1.98. The zero-order chi connectivity index (χ0) is 10.8. The van der Waals surface area contributed by atoms with E-state index in [0.29, 0.717) is 30.3 Å². The third kappa shape index (κ3) is 1.80. The van der Waals surface area contributed by atoms with E-state index >= 15 is 0 Å². The van der Waals surface area contributed by atoms with Crippen molar-refractivity contribution in [3.63, 3.8) is 0 Å². The quantitative estimate of drug-likeness (QED) is 0.726. The standard InChI is InChI=1S/C11H10BrNO2/c1-7-8(6-13)5-9(12)11-10(7)14-3-2-4-15-11/h5H,2-4H2,1H3. The summed E-state index contributed by atoms with van der Waals surface area (Å²) in [5.74, 6) is 1.41. The second-order valence-electron chi connectivity index (χ2n) is 3.35. The van der Waals surface area contributed by atoms with E-state index in [0.717, 1.165) is 16.5 Å². The van der Waals surface area contributed by atoms with Crippen molar-refractivity contribution in [1.29, 1.82) is 5.26 Å². The lowest BCUT2D eigenvalue weighted by atomic mass is 10.1. The summed E-state index contributed by atoms with van der Waals surface area (Å²) in [6.45, 7) is 3.16. The van der Waals surface area contributed by atoms with Crippen molar-refractivity contribution in [2.75, 3.05) is 13.2 Å². The molecule has 0 N–H and O–H groups in total. The Balaban J connectivity index is 2.61. The molecule has 0 aromatic heterocycles. The first-order valence-corrected chi connectivity index (χ1v) is 5.52. The average Bonchev–Trinajstić information content (AvgIpc) is 2.49. The first-order valence-electron chi connectivity index (χ1n) is 4.73. The van der Waals surface area contributed by atoms with Crippen LogP contribution in [0.2, 0.25) is 0 Å². The molecular formula is C11H10BrNO2. The van der Waals surface area contributed by atoms with Gasteiger partial charge < -0.3 is 9.47 Å². The van der Waals surface area contributed by atoms with Gasteiger partial charge in [0.15, 0.2) is 11.5 Å². The number of ether oxygens (including phenoxy) is 2. The minimum atomic E-state index is 0.617. The third-order valence-corrected chi connectivity index (χ3v) is 2.93. The summed E-state index contributed by atoms with van der Waals surface area (Å²) in [4.78, 5) is 0. The van der Waals surface area contributed by atoms with E-state index in [1.807, 2.05) is 6.92 Å². The zero-order valence-corrected chi connectivity index (χ0v) is 9.93. The molecule has 0 fully saturated rings. The highest BCUT2D eigenvalue weighted by atomic mass is 79.9. The summed E-state index contributed by atoms with van der Waals surface area (Å²) in [5, 5.41) is 8.95. The van der Waals surface area contributed by atoms with E-state index in [4.69, 9.17) is 14.7 Å². The van der Waals surface area contributed by atoms with Gasteiger partial charge in [-0.3, -0.25) is 0 Å². The molecular weight excluding hydrogens is 258 g/mol. The van der Waals surface area contributed by atoms with Crippen molar-refractivity contribution >= 4 is 15.9 Å². The summed E-state index contributed by atoms with van der Waals surface area (Å²) < 4.78 is 12.0. The molecule has 0 saturated carbocycles. The van der Waals surface area contributed by atoms with E-state index in [1.54, 1.807) is 6.07 Å². The fourth-order valence-corrected chi connectivity index (χ4v) is 2.06. The highest BCUT2D eigenvalue weighted by molar-refractivity contribution is 9.10. The van der Waals surface area contributed by atoms with Crippen LogP contribution in [0.15, 0.2) is 10.5 Å². The SMILES string of the molecule is Cc1c(C#N)cc(Br)c2c1OCCCO2. The molecule has 1 aromatic rings. The molecule has 15 heavy (non-hydrogen) atoms. The van der Waals surface area contributed by atoms with E-state index in [9.17, 15) is 0 Å². The van der Waals surface area contributed by atoms with Crippen LogP contribution in [0.4, 0.5) is 0 Å². The van der Waals surface area contributed by atoms with Crippen LogP contribution >= 0.6 is 15.9 Å². The number of rotatable bonds is 0. The second-order valence-corrected chi connectivity index (χ2v) is 4.21. The van der Waals surface area contributed by atoms with Gasteiger partial charge in [0.25, 0.3) is 0 Å². The third-order valence-electron chi connectivity index (χ3n) is 2.34. The van der Waals surface area contributed by atoms with Gasteiger partial charge in [0.2, 0.25) is 0 Å². The lowest BCUT2D eigenvalue weighted by Gasteiger charge is -2.12. The van der Waals surface area contributed by atoms with Crippen LogP contribution in [0.5, 0.6) is 11.5 Å². The fraction of sp³-hybridized carbons (Fsp3) is 0.364. The summed E-state index contributed by atoms with van der Waals surface area (Å²) in [6, 6.07) is 3.91. The zero-order valence-electron chi connectivity index (χ0n) is 8.34. The van der Waals surface area contributed by atoms with Crippen LogP contribution in [-0.2, 0) is 0 Å². The van der Waals surface area contributed by atoms with Crippen molar-refractivity contribution in [3.05, 3.63) is 21.7 Å². The maximum absolute atomic E-state index is 8.95. The van der Waals surface area contributed by atoms with Crippen molar-refractivity contribution in [2.45, 2.75) is 13.3 Å². The molecule has 1 aliphatic rings.